The van der Waals surface area contributed by atoms with Gasteiger partial charge in [-0.3, -0.25) is 9.88 Å². The highest BCUT2D eigenvalue weighted by molar-refractivity contribution is 5.57. The van der Waals surface area contributed by atoms with E-state index in [1.807, 2.05) is 48.5 Å². The van der Waals surface area contributed by atoms with Crippen LogP contribution in [-0.4, -0.2) is 51.0 Å². The zero-order chi connectivity index (χ0) is 21.8. The first-order valence-electron chi connectivity index (χ1n) is 11.0. The maximum atomic E-state index is 5.73. The molecule has 0 N–H and O–H groups in total. The second-order valence-electron chi connectivity index (χ2n) is 7.87. The van der Waals surface area contributed by atoms with E-state index in [-0.39, 0.29) is 0 Å². The van der Waals surface area contributed by atoms with Crippen molar-refractivity contribution in [1.82, 2.24) is 24.8 Å². The van der Waals surface area contributed by atoms with Crippen LogP contribution in [0.25, 0.3) is 22.8 Å². The molecule has 1 aliphatic heterocycles. The van der Waals surface area contributed by atoms with Crippen LogP contribution in [-0.2, 0) is 13.0 Å². The van der Waals surface area contributed by atoms with E-state index in [4.69, 9.17) is 9.40 Å². The summed E-state index contributed by atoms with van der Waals surface area (Å²) in [4.78, 5) is 23.3. The van der Waals surface area contributed by atoms with Gasteiger partial charge < -0.3 is 9.32 Å². The van der Waals surface area contributed by atoms with Crippen molar-refractivity contribution < 1.29 is 4.42 Å². The van der Waals surface area contributed by atoms with Crippen LogP contribution in [0.5, 0.6) is 0 Å². The van der Waals surface area contributed by atoms with E-state index in [1.54, 1.807) is 12.5 Å². The lowest BCUT2D eigenvalue weighted by atomic mass is 10.2. The Balaban J connectivity index is 1.25. The quantitative estimate of drug-likeness (QED) is 0.460. The second-order valence-corrected chi connectivity index (χ2v) is 7.87. The lowest BCUT2D eigenvalue weighted by Crippen LogP contribution is -2.46. The number of pyridine rings is 1. The minimum atomic E-state index is 0.690. The van der Waals surface area contributed by atoms with Gasteiger partial charge in [0.1, 0.15) is 23.5 Å². The molecule has 0 saturated carbocycles. The Morgan fingerprint density at radius 1 is 0.875 bits per heavy atom. The summed E-state index contributed by atoms with van der Waals surface area (Å²) in [6.45, 7) is 6.47. The SMILES string of the molecule is CCc1cc(N2CCN(Cc3nc(-c4ccccc4)co3)CC2)nc(-c2ccccn2)n1. The van der Waals surface area contributed by atoms with Crippen LogP contribution in [0.4, 0.5) is 5.82 Å². The van der Waals surface area contributed by atoms with E-state index in [0.29, 0.717) is 12.4 Å². The van der Waals surface area contributed by atoms with E-state index in [1.165, 1.54) is 0 Å². The molecule has 4 aromatic rings. The molecule has 0 bridgehead atoms. The predicted molar refractivity (Wildman–Crippen MR) is 124 cm³/mol. The van der Waals surface area contributed by atoms with E-state index in [2.05, 4.69) is 37.7 Å². The highest BCUT2D eigenvalue weighted by Crippen LogP contribution is 2.22. The highest BCUT2D eigenvalue weighted by Gasteiger charge is 2.21. The van der Waals surface area contributed by atoms with Crippen molar-refractivity contribution in [1.29, 1.82) is 0 Å². The molecule has 4 heterocycles. The van der Waals surface area contributed by atoms with Gasteiger partial charge in [-0.2, -0.15) is 0 Å². The van der Waals surface area contributed by atoms with Gasteiger partial charge in [0.05, 0.1) is 6.54 Å². The number of oxazole rings is 1. The van der Waals surface area contributed by atoms with E-state index in [0.717, 1.165) is 67.0 Å². The number of hydrogen-bond acceptors (Lipinski definition) is 7. The molecule has 0 unspecified atom stereocenters. The number of piperazine rings is 1. The van der Waals surface area contributed by atoms with E-state index >= 15 is 0 Å². The van der Waals surface area contributed by atoms with Crippen molar-refractivity contribution >= 4 is 5.82 Å². The minimum Gasteiger partial charge on any atom is -0.447 e. The van der Waals surface area contributed by atoms with Gasteiger partial charge in [-0.25, -0.2) is 15.0 Å². The molecule has 1 saturated heterocycles. The number of aryl methyl sites for hydroxylation is 1. The summed E-state index contributed by atoms with van der Waals surface area (Å²) in [5.74, 6) is 2.42. The van der Waals surface area contributed by atoms with Gasteiger partial charge in [0.2, 0.25) is 5.89 Å². The molecule has 32 heavy (non-hydrogen) atoms. The van der Waals surface area contributed by atoms with Gasteiger partial charge in [0.15, 0.2) is 5.82 Å². The molecule has 1 aromatic carbocycles. The van der Waals surface area contributed by atoms with Crippen LogP contribution < -0.4 is 4.90 Å². The number of benzene rings is 1. The minimum absolute atomic E-state index is 0.690. The molecule has 1 aliphatic rings. The van der Waals surface area contributed by atoms with Crippen molar-refractivity contribution in [3.8, 4) is 22.8 Å². The molecule has 0 spiro atoms. The average molecular weight is 427 g/mol. The summed E-state index contributed by atoms with van der Waals surface area (Å²) in [5, 5.41) is 0. The van der Waals surface area contributed by atoms with Crippen molar-refractivity contribution in [3.05, 3.63) is 78.6 Å². The molecule has 0 atom stereocenters. The third-order valence-electron chi connectivity index (χ3n) is 5.70. The van der Waals surface area contributed by atoms with E-state index in [9.17, 15) is 0 Å². The predicted octanol–water partition coefficient (Wildman–Crippen LogP) is 4.08. The molecule has 162 valence electrons. The molecule has 3 aromatic heterocycles. The first-order chi connectivity index (χ1) is 15.8. The maximum Gasteiger partial charge on any atom is 0.208 e. The summed E-state index contributed by atoms with van der Waals surface area (Å²) >= 11 is 0. The molecule has 1 fully saturated rings. The molecule has 7 nitrogen and oxygen atoms in total. The topological polar surface area (TPSA) is 71.2 Å². The van der Waals surface area contributed by atoms with Crippen LogP contribution in [0.2, 0.25) is 0 Å². The monoisotopic (exact) mass is 426 g/mol. The first-order valence-corrected chi connectivity index (χ1v) is 11.0. The molecule has 0 amide bonds. The Bertz CT molecular complexity index is 1150. The Labute approximate surface area is 187 Å². The van der Waals surface area contributed by atoms with Crippen molar-refractivity contribution in [2.45, 2.75) is 19.9 Å². The third-order valence-corrected chi connectivity index (χ3v) is 5.70. The van der Waals surface area contributed by atoms with Crippen molar-refractivity contribution in [3.63, 3.8) is 0 Å². The Hall–Kier alpha value is -3.58. The molecular formula is C25H26N6O. The van der Waals surface area contributed by atoms with Crippen LogP contribution in [0.15, 0.2) is 71.5 Å². The van der Waals surface area contributed by atoms with Crippen LogP contribution in [0.3, 0.4) is 0 Å². The summed E-state index contributed by atoms with van der Waals surface area (Å²) in [7, 11) is 0. The van der Waals surface area contributed by atoms with Gasteiger partial charge in [0.25, 0.3) is 0 Å². The fourth-order valence-corrected chi connectivity index (χ4v) is 3.89. The van der Waals surface area contributed by atoms with E-state index < -0.39 is 0 Å². The first kappa shape index (κ1) is 20.3. The van der Waals surface area contributed by atoms with Gasteiger partial charge >= 0.3 is 0 Å². The molecular weight excluding hydrogens is 400 g/mol. The Morgan fingerprint density at radius 2 is 1.69 bits per heavy atom. The third kappa shape index (κ3) is 4.53. The van der Waals surface area contributed by atoms with Crippen molar-refractivity contribution in [2.75, 3.05) is 31.1 Å². The lowest BCUT2D eigenvalue weighted by molar-refractivity contribution is 0.226. The standard InChI is InChI=1S/C25H26N6O/c1-2-20-16-23(29-25(27-20)21-10-6-7-11-26-21)31-14-12-30(13-15-31)17-24-28-22(18-32-24)19-8-4-3-5-9-19/h3-11,16,18H,2,12-15,17H2,1H3. The fraction of sp³-hybridized carbons (Fsp3) is 0.280. The molecule has 0 aliphatic carbocycles. The van der Waals surface area contributed by atoms with Crippen LogP contribution in [0.1, 0.15) is 18.5 Å². The lowest BCUT2D eigenvalue weighted by Gasteiger charge is -2.35. The van der Waals surface area contributed by atoms with Crippen LogP contribution >= 0.6 is 0 Å². The number of nitrogens with zero attached hydrogens (tertiary/aromatic N) is 6. The summed E-state index contributed by atoms with van der Waals surface area (Å²) in [5.41, 5.74) is 3.80. The molecule has 5 rings (SSSR count). The number of hydrogen-bond donors (Lipinski definition) is 0. The van der Waals surface area contributed by atoms with Gasteiger partial charge in [0, 0.05) is 49.7 Å². The average Bonchev–Trinajstić information content (AvgIpc) is 3.34. The normalized spacial score (nSPS) is 14.6. The zero-order valence-electron chi connectivity index (χ0n) is 18.2. The van der Waals surface area contributed by atoms with Crippen LogP contribution in [0, 0.1) is 0 Å². The Kier molecular flexibility index (Phi) is 5.89. The summed E-state index contributed by atoms with van der Waals surface area (Å²) in [6.07, 6.45) is 4.39. The van der Waals surface area contributed by atoms with Crippen molar-refractivity contribution in [2.24, 2.45) is 0 Å². The summed E-state index contributed by atoms with van der Waals surface area (Å²) < 4.78 is 5.73. The van der Waals surface area contributed by atoms with Gasteiger partial charge in [-0.05, 0) is 18.6 Å². The van der Waals surface area contributed by atoms with Gasteiger partial charge in [-0.1, -0.05) is 43.3 Å². The fourth-order valence-electron chi connectivity index (χ4n) is 3.89. The Morgan fingerprint density at radius 3 is 2.44 bits per heavy atom. The number of rotatable bonds is 6. The number of aromatic nitrogens is 4. The summed E-state index contributed by atoms with van der Waals surface area (Å²) in [6, 6.07) is 18.1. The smallest absolute Gasteiger partial charge is 0.208 e. The second kappa shape index (κ2) is 9.28. The maximum absolute atomic E-state index is 5.73. The molecule has 0 radical (unpaired) electrons. The van der Waals surface area contributed by atoms with Gasteiger partial charge in [-0.15, -0.1) is 0 Å². The zero-order valence-corrected chi connectivity index (χ0v) is 18.2. The molecule has 7 heteroatoms. The highest BCUT2D eigenvalue weighted by atomic mass is 16.3. The largest absolute Gasteiger partial charge is 0.447 e. The number of anilines is 1.